The van der Waals surface area contributed by atoms with Crippen LogP contribution in [0.25, 0.3) is 11.4 Å². The molecule has 0 aliphatic carbocycles. The van der Waals surface area contributed by atoms with E-state index in [0.29, 0.717) is 22.2 Å². The lowest BCUT2D eigenvalue weighted by Crippen LogP contribution is -2.23. The summed E-state index contributed by atoms with van der Waals surface area (Å²) in [5.41, 5.74) is 1.42. The van der Waals surface area contributed by atoms with E-state index in [-0.39, 0.29) is 23.2 Å². The zero-order valence-corrected chi connectivity index (χ0v) is 17.2. The highest BCUT2D eigenvalue weighted by Gasteiger charge is 2.19. The zero-order chi connectivity index (χ0) is 20.3. The molecule has 0 unspecified atom stereocenters. The molecular formula is C19H20ClN3O4S. The first-order valence-corrected chi connectivity index (χ1v) is 10.4. The van der Waals surface area contributed by atoms with Gasteiger partial charge in [-0.05, 0) is 41.8 Å². The molecule has 1 N–H and O–H groups in total. The van der Waals surface area contributed by atoms with Gasteiger partial charge in [0.05, 0.1) is 23.6 Å². The van der Waals surface area contributed by atoms with Gasteiger partial charge < -0.3 is 9.26 Å². The van der Waals surface area contributed by atoms with E-state index in [9.17, 15) is 8.42 Å². The van der Waals surface area contributed by atoms with Crippen LogP contribution in [0.2, 0.25) is 5.02 Å². The van der Waals surface area contributed by atoms with Crippen molar-refractivity contribution in [1.29, 1.82) is 0 Å². The zero-order valence-electron chi connectivity index (χ0n) is 15.6. The summed E-state index contributed by atoms with van der Waals surface area (Å²) in [6.07, 6.45) is 0. The first-order valence-electron chi connectivity index (χ1n) is 8.57. The van der Waals surface area contributed by atoms with E-state index < -0.39 is 10.0 Å². The predicted octanol–water partition coefficient (Wildman–Crippen LogP) is 4.00. The topological polar surface area (TPSA) is 94.3 Å². The van der Waals surface area contributed by atoms with Gasteiger partial charge >= 0.3 is 0 Å². The molecule has 0 aliphatic rings. The number of aromatic nitrogens is 2. The molecule has 148 valence electrons. The van der Waals surface area contributed by atoms with Crippen LogP contribution in [0.4, 0.5) is 0 Å². The van der Waals surface area contributed by atoms with Gasteiger partial charge in [-0.15, -0.1) is 0 Å². The average molecular weight is 422 g/mol. The molecule has 0 fully saturated rings. The van der Waals surface area contributed by atoms with Gasteiger partial charge in [-0.1, -0.05) is 42.7 Å². The highest BCUT2D eigenvalue weighted by atomic mass is 35.5. The Morgan fingerprint density at radius 2 is 1.96 bits per heavy atom. The normalized spacial score (nSPS) is 11.8. The summed E-state index contributed by atoms with van der Waals surface area (Å²) in [5, 5.41) is 4.34. The Labute approximate surface area is 168 Å². The molecule has 0 aliphatic heterocycles. The quantitative estimate of drug-likeness (QED) is 0.619. The summed E-state index contributed by atoms with van der Waals surface area (Å²) in [7, 11) is -2.21. The van der Waals surface area contributed by atoms with Crippen molar-refractivity contribution in [1.82, 2.24) is 14.9 Å². The Balaban J connectivity index is 1.78. The van der Waals surface area contributed by atoms with E-state index in [4.69, 9.17) is 20.9 Å². The van der Waals surface area contributed by atoms with E-state index in [1.165, 1.54) is 6.07 Å². The van der Waals surface area contributed by atoms with Gasteiger partial charge in [0.2, 0.25) is 21.7 Å². The second-order valence-electron chi connectivity index (χ2n) is 6.37. The lowest BCUT2D eigenvalue weighted by Gasteiger charge is -2.13. The Kier molecular flexibility index (Phi) is 6.02. The van der Waals surface area contributed by atoms with E-state index in [1.807, 2.05) is 13.8 Å². The molecule has 0 radical (unpaired) electrons. The second kappa shape index (κ2) is 8.30. The van der Waals surface area contributed by atoms with E-state index in [0.717, 1.165) is 5.56 Å². The van der Waals surface area contributed by atoms with Crippen molar-refractivity contribution in [2.75, 3.05) is 7.11 Å². The van der Waals surface area contributed by atoms with Crippen LogP contribution in [0.3, 0.4) is 0 Å². The number of nitrogens with zero attached hydrogens (tertiary/aromatic N) is 2. The number of sulfonamides is 1. The van der Waals surface area contributed by atoms with Crippen LogP contribution < -0.4 is 9.46 Å². The smallest absolute Gasteiger partial charge is 0.242 e. The third-order valence-corrected chi connectivity index (χ3v) is 5.86. The third kappa shape index (κ3) is 4.35. The number of benzene rings is 2. The number of nitrogens with one attached hydrogen (secondary N) is 1. The van der Waals surface area contributed by atoms with Gasteiger partial charge in [0.25, 0.3) is 0 Å². The van der Waals surface area contributed by atoms with Crippen LogP contribution in [0.15, 0.2) is 51.9 Å². The molecule has 0 atom stereocenters. The first-order chi connectivity index (χ1) is 13.3. The molecule has 9 heteroatoms. The van der Waals surface area contributed by atoms with Crippen LogP contribution in [0.5, 0.6) is 5.75 Å². The van der Waals surface area contributed by atoms with Crippen molar-refractivity contribution in [2.24, 2.45) is 0 Å². The molecule has 1 heterocycles. The number of rotatable bonds is 7. The Bertz CT molecular complexity index is 1080. The van der Waals surface area contributed by atoms with Crippen molar-refractivity contribution in [3.8, 4) is 17.1 Å². The van der Waals surface area contributed by atoms with Gasteiger partial charge in [0, 0.05) is 5.56 Å². The molecule has 0 bridgehead atoms. The maximum atomic E-state index is 12.6. The highest BCUT2D eigenvalue weighted by molar-refractivity contribution is 7.89. The van der Waals surface area contributed by atoms with E-state index in [2.05, 4.69) is 14.9 Å². The van der Waals surface area contributed by atoms with Gasteiger partial charge in [0.15, 0.2) is 0 Å². The molecule has 28 heavy (non-hydrogen) atoms. The Hall–Kier alpha value is -2.42. The molecule has 3 rings (SSSR count). The monoisotopic (exact) mass is 421 g/mol. The maximum absolute atomic E-state index is 12.6. The minimum atomic E-state index is -3.76. The molecule has 0 saturated carbocycles. The van der Waals surface area contributed by atoms with Crippen molar-refractivity contribution in [3.05, 3.63) is 58.9 Å². The van der Waals surface area contributed by atoms with Gasteiger partial charge in [-0.2, -0.15) is 4.98 Å². The summed E-state index contributed by atoms with van der Waals surface area (Å²) in [4.78, 5) is 4.34. The molecular weight excluding hydrogens is 402 g/mol. The summed E-state index contributed by atoms with van der Waals surface area (Å²) >= 11 is 6.12. The minimum Gasteiger partial charge on any atom is -0.496 e. The molecule has 1 aromatic heterocycles. The number of hydrogen-bond acceptors (Lipinski definition) is 6. The van der Waals surface area contributed by atoms with Crippen LogP contribution in [0.1, 0.15) is 31.2 Å². The fourth-order valence-electron chi connectivity index (χ4n) is 2.65. The standard InChI is InChI=1S/C19H20ClN3O4S/c1-12(2)15-10-13(8-9-17(15)26-3)28(24,25)21-11-18-22-19(23-27-18)14-6-4-5-7-16(14)20/h4-10,12,21H,11H2,1-3H3. The van der Waals surface area contributed by atoms with Gasteiger partial charge in [-0.25, -0.2) is 13.1 Å². The Morgan fingerprint density at radius 3 is 2.64 bits per heavy atom. The number of ether oxygens (including phenoxy) is 1. The lowest BCUT2D eigenvalue weighted by atomic mass is 10.0. The second-order valence-corrected chi connectivity index (χ2v) is 8.55. The Morgan fingerprint density at radius 1 is 1.21 bits per heavy atom. The molecule has 0 spiro atoms. The molecule has 2 aromatic carbocycles. The van der Waals surface area contributed by atoms with Gasteiger partial charge in [-0.3, -0.25) is 0 Å². The molecule has 7 nitrogen and oxygen atoms in total. The number of halogens is 1. The summed E-state index contributed by atoms with van der Waals surface area (Å²) in [6.45, 7) is 3.80. The number of hydrogen-bond donors (Lipinski definition) is 1. The summed E-state index contributed by atoms with van der Waals surface area (Å²) in [5.74, 6) is 1.19. The number of methoxy groups -OCH3 is 1. The molecule has 0 saturated heterocycles. The van der Waals surface area contributed by atoms with Crippen LogP contribution >= 0.6 is 11.6 Å². The van der Waals surface area contributed by atoms with Crippen molar-refractivity contribution in [2.45, 2.75) is 31.2 Å². The van der Waals surface area contributed by atoms with Crippen molar-refractivity contribution in [3.63, 3.8) is 0 Å². The minimum absolute atomic E-state index is 0.110. The van der Waals surface area contributed by atoms with Crippen LogP contribution in [-0.4, -0.2) is 25.7 Å². The fraction of sp³-hybridized carbons (Fsp3) is 0.263. The average Bonchev–Trinajstić information content (AvgIpc) is 3.15. The molecule has 0 amide bonds. The van der Waals surface area contributed by atoms with Crippen molar-refractivity contribution >= 4 is 21.6 Å². The summed E-state index contributed by atoms with van der Waals surface area (Å²) in [6, 6.07) is 11.8. The maximum Gasteiger partial charge on any atom is 0.242 e. The van der Waals surface area contributed by atoms with Crippen molar-refractivity contribution < 1.29 is 17.7 Å². The third-order valence-electron chi connectivity index (χ3n) is 4.13. The summed E-state index contributed by atoms with van der Waals surface area (Å²) < 4.78 is 38.2. The van der Waals surface area contributed by atoms with E-state index in [1.54, 1.807) is 43.5 Å². The fourth-order valence-corrected chi connectivity index (χ4v) is 3.88. The highest BCUT2D eigenvalue weighted by Crippen LogP contribution is 2.29. The van der Waals surface area contributed by atoms with Crippen LogP contribution in [0, 0.1) is 0 Å². The SMILES string of the molecule is COc1ccc(S(=O)(=O)NCc2nc(-c3ccccc3Cl)no2)cc1C(C)C. The molecule has 3 aromatic rings. The first kappa shape index (κ1) is 20.3. The van der Waals surface area contributed by atoms with Gasteiger partial charge in [0.1, 0.15) is 5.75 Å². The predicted molar refractivity (Wildman–Crippen MR) is 106 cm³/mol. The van der Waals surface area contributed by atoms with Crippen LogP contribution in [-0.2, 0) is 16.6 Å². The van der Waals surface area contributed by atoms with E-state index >= 15 is 0 Å². The lowest BCUT2D eigenvalue weighted by molar-refractivity contribution is 0.376. The largest absolute Gasteiger partial charge is 0.496 e.